The standard InChI is InChI=1S/C7H3N4O2S/c8-10-7-9-6-4(11(12)13)2-1-3-5(6)14-7/h1-3H. The minimum absolute atomic E-state index is 0.0753. The molecule has 1 aromatic heterocycles. The molecule has 0 aliphatic rings. The van der Waals surface area contributed by atoms with Gasteiger partial charge in [0.1, 0.15) is 0 Å². The normalized spacial score (nSPS) is 10.3. The van der Waals surface area contributed by atoms with E-state index in [4.69, 9.17) is 5.53 Å². The highest BCUT2D eigenvalue weighted by Crippen LogP contribution is 2.32. The summed E-state index contributed by atoms with van der Waals surface area (Å²) in [5.41, 5.74) is 8.66. The largest absolute Gasteiger partial charge is 0.296 e. The molecule has 6 nitrogen and oxygen atoms in total. The number of fused-ring (bicyclic) bond motifs is 1. The smallest absolute Gasteiger partial charge is 0.258 e. The second-order valence-corrected chi connectivity index (χ2v) is 3.49. The third-order valence-electron chi connectivity index (χ3n) is 1.67. The zero-order chi connectivity index (χ0) is 10.1. The average Bonchev–Trinajstić information content (AvgIpc) is 2.59. The molecule has 0 amide bonds. The SMILES string of the molecule is [N]=Nc1nc2c([N+](=O)[O-])cccc2s1. The Balaban J connectivity index is 2.79. The second-order valence-electron chi connectivity index (χ2n) is 2.48. The van der Waals surface area contributed by atoms with E-state index in [1.165, 1.54) is 6.07 Å². The van der Waals surface area contributed by atoms with Gasteiger partial charge in [-0.3, -0.25) is 10.1 Å². The van der Waals surface area contributed by atoms with Crippen molar-refractivity contribution in [3.8, 4) is 0 Å². The van der Waals surface area contributed by atoms with Gasteiger partial charge in [0.2, 0.25) is 5.13 Å². The zero-order valence-corrected chi connectivity index (χ0v) is 7.56. The number of nitro groups is 1. The van der Waals surface area contributed by atoms with E-state index in [1.807, 2.05) is 0 Å². The van der Waals surface area contributed by atoms with E-state index >= 15 is 0 Å². The Bertz CT molecular complexity index is 521. The first-order chi connectivity index (χ1) is 6.72. The second kappa shape index (κ2) is 3.11. The molecule has 0 N–H and O–H groups in total. The summed E-state index contributed by atoms with van der Waals surface area (Å²) in [5, 5.41) is 13.6. The molecule has 0 bridgehead atoms. The van der Waals surface area contributed by atoms with Crippen molar-refractivity contribution in [2.24, 2.45) is 5.11 Å². The lowest BCUT2D eigenvalue weighted by Gasteiger charge is -1.89. The summed E-state index contributed by atoms with van der Waals surface area (Å²) >= 11 is 1.10. The van der Waals surface area contributed by atoms with Crippen LogP contribution in [0.1, 0.15) is 0 Å². The first-order valence-corrected chi connectivity index (χ1v) is 4.43. The van der Waals surface area contributed by atoms with Gasteiger partial charge in [0.05, 0.1) is 9.62 Å². The Labute approximate surface area is 81.9 Å². The summed E-state index contributed by atoms with van der Waals surface area (Å²) < 4.78 is 0.631. The molecule has 69 valence electrons. The maximum atomic E-state index is 10.6. The number of para-hydroxylation sites is 1. The van der Waals surface area contributed by atoms with Crippen molar-refractivity contribution in [3.05, 3.63) is 28.3 Å². The van der Waals surface area contributed by atoms with Crippen molar-refractivity contribution in [2.45, 2.75) is 0 Å². The molecule has 0 fully saturated rings. The summed E-state index contributed by atoms with van der Waals surface area (Å²) in [5.74, 6) is 0. The van der Waals surface area contributed by atoms with Crippen molar-refractivity contribution >= 4 is 32.4 Å². The summed E-state index contributed by atoms with van der Waals surface area (Å²) in [7, 11) is 0. The molecule has 7 heteroatoms. The summed E-state index contributed by atoms with van der Waals surface area (Å²) in [6, 6.07) is 4.62. The summed E-state index contributed by atoms with van der Waals surface area (Å²) in [6.45, 7) is 0. The van der Waals surface area contributed by atoms with Crippen molar-refractivity contribution in [1.29, 1.82) is 0 Å². The number of hydrogen-bond acceptors (Lipinski definition) is 5. The molecule has 0 saturated heterocycles. The molecule has 2 aromatic rings. The minimum atomic E-state index is -0.511. The molecule has 2 rings (SSSR count). The van der Waals surface area contributed by atoms with E-state index in [2.05, 4.69) is 10.1 Å². The van der Waals surface area contributed by atoms with Gasteiger partial charge in [-0.15, -0.1) is 0 Å². The van der Waals surface area contributed by atoms with Crippen LogP contribution in [0.5, 0.6) is 0 Å². The molecule has 1 radical (unpaired) electrons. The van der Waals surface area contributed by atoms with Crippen molar-refractivity contribution < 1.29 is 4.92 Å². The third kappa shape index (κ3) is 1.23. The van der Waals surface area contributed by atoms with Crippen LogP contribution in [0.3, 0.4) is 0 Å². The topological polar surface area (TPSA) is 90.7 Å². The van der Waals surface area contributed by atoms with Crippen LogP contribution in [0.15, 0.2) is 23.3 Å². The van der Waals surface area contributed by atoms with Gasteiger partial charge < -0.3 is 0 Å². The maximum absolute atomic E-state index is 10.6. The molecular weight excluding hydrogens is 204 g/mol. The molecule has 1 heterocycles. The lowest BCUT2D eigenvalue weighted by molar-refractivity contribution is -0.383. The Morgan fingerprint density at radius 3 is 3.00 bits per heavy atom. The summed E-state index contributed by atoms with van der Waals surface area (Å²) in [6.07, 6.45) is 0. The average molecular weight is 207 g/mol. The van der Waals surface area contributed by atoms with Gasteiger partial charge in [0.25, 0.3) is 5.69 Å². The van der Waals surface area contributed by atoms with E-state index < -0.39 is 4.92 Å². The fourth-order valence-electron chi connectivity index (χ4n) is 1.11. The van der Waals surface area contributed by atoms with Crippen LogP contribution in [-0.4, -0.2) is 9.91 Å². The molecule has 0 unspecified atom stereocenters. The van der Waals surface area contributed by atoms with Crippen LogP contribution in [0.2, 0.25) is 0 Å². The first-order valence-electron chi connectivity index (χ1n) is 3.61. The van der Waals surface area contributed by atoms with Gasteiger partial charge in [0.15, 0.2) is 5.52 Å². The highest BCUT2D eigenvalue weighted by Gasteiger charge is 2.15. The number of aromatic nitrogens is 1. The monoisotopic (exact) mass is 207 g/mol. The Morgan fingerprint density at radius 2 is 2.36 bits per heavy atom. The van der Waals surface area contributed by atoms with Crippen LogP contribution in [0.25, 0.3) is 10.2 Å². The van der Waals surface area contributed by atoms with Crippen molar-refractivity contribution in [1.82, 2.24) is 10.5 Å². The van der Waals surface area contributed by atoms with E-state index in [1.54, 1.807) is 12.1 Å². The molecule has 0 aliphatic heterocycles. The van der Waals surface area contributed by atoms with Gasteiger partial charge in [-0.25, -0.2) is 4.98 Å². The Kier molecular flexibility index (Phi) is 1.93. The lowest BCUT2D eigenvalue weighted by atomic mass is 10.3. The molecule has 0 spiro atoms. The minimum Gasteiger partial charge on any atom is -0.258 e. The van der Waals surface area contributed by atoms with Gasteiger partial charge in [0, 0.05) is 6.07 Å². The molecule has 0 atom stereocenters. The number of benzene rings is 1. The summed E-state index contributed by atoms with van der Waals surface area (Å²) in [4.78, 5) is 13.9. The van der Waals surface area contributed by atoms with Crippen LogP contribution in [0.4, 0.5) is 10.8 Å². The van der Waals surface area contributed by atoms with Crippen molar-refractivity contribution in [3.63, 3.8) is 0 Å². The van der Waals surface area contributed by atoms with Crippen LogP contribution >= 0.6 is 11.3 Å². The van der Waals surface area contributed by atoms with E-state index in [9.17, 15) is 10.1 Å². The zero-order valence-electron chi connectivity index (χ0n) is 6.75. The molecular formula is C7H3N4O2S. The maximum Gasteiger partial charge on any atom is 0.296 e. The van der Waals surface area contributed by atoms with E-state index in [0.717, 1.165) is 11.3 Å². The van der Waals surface area contributed by atoms with Crippen LogP contribution in [-0.2, 0) is 0 Å². The predicted octanol–water partition coefficient (Wildman–Crippen LogP) is 2.09. The molecule has 1 aromatic carbocycles. The number of thiazole rings is 1. The predicted molar refractivity (Wildman–Crippen MR) is 50.5 cm³/mol. The quantitative estimate of drug-likeness (QED) is 0.428. The van der Waals surface area contributed by atoms with Gasteiger partial charge in [-0.2, -0.15) is 0 Å². The first kappa shape index (κ1) is 8.70. The van der Waals surface area contributed by atoms with Crippen LogP contribution in [0, 0.1) is 10.1 Å². The number of hydrogen-bond donors (Lipinski definition) is 0. The molecule has 0 aliphatic carbocycles. The highest BCUT2D eigenvalue weighted by atomic mass is 32.1. The van der Waals surface area contributed by atoms with E-state index in [-0.39, 0.29) is 16.3 Å². The number of nitro benzene ring substituents is 1. The van der Waals surface area contributed by atoms with Gasteiger partial charge in [-0.1, -0.05) is 22.5 Å². The number of non-ortho nitro benzene ring substituents is 1. The van der Waals surface area contributed by atoms with Crippen LogP contribution < -0.4 is 5.53 Å². The molecule has 0 saturated carbocycles. The van der Waals surface area contributed by atoms with Crippen molar-refractivity contribution in [2.75, 3.05) is 0 Å². The Morgan fingerprint density at radius 1 is 1.57 bits per heavy atom. The Hall–Kier alpha value is -1.89. The van der Waals surface area contributed by atoms with Gasteiger partial charge >= 0.3 is 0 Å². The highest BCUT2D eigenvalue weighted by molar-refractivity contribution is 7.22. The number of nitrogens with zero attached hydrogens (tertiary/aromatic N) is 4. The van der Waals surface area contributed by atoms with Gasteiger partial charge in [-0.05, 0) is 11.6 Å². The third-order valence-corrected chi connectivity index (χ3v) is 2.57. The van der Waals surface area contributed by atoms with E-state index in [0.29, 0.717) is 4.70 Å². The lowest BCUT2D eigenvalue weighted by Crippen LogP contribution is -1.88. The fraction of sp³-hybridized carbons (Fsp3) is 0. The fourth-order valence-corrected chi connectivity index (χ4v) is 1.88. The molecule has 14 heavy (non-hydrogen) atoms. The number of rotatable bonds is 2.